The van der Waals surface area contributed by atoms with Gasteiger partial charge in [-0.05, 0) is 18.8 Å². The van der Waals surface area contributed by atoms with Crippen molar-refractivity contribution in [3.05, 3.63) is 0 Å². The SMILES string of the molecule is COCCCC(O)(COC)C(C)C. The highest BCUT2D eigenvalue weighted by atomic mass is 16.5. The van der Waals surface area contributed by atoms with Gasteiger partial charge in [-0.15, -0.1) is 0 Å². The smallest absolute Gasteiger partial charge is 0.0903 e. The topological polar surface area (TPSA) is 38.7 Å². The van der Waals surface area contributed by atoms with E-state index in [1.54, 1.807) is 14.2 Å². The Labute approximate surface area is 81.0 Å². The second-order valence-corrected chi connectivity index (χ2v) is 3.79. The number of ether oxygens (including phenoxy) is 2. The van der Waals surface area contributed by atoms with Crippen LogP contribution >= 0.6 is 0 Å². The van der Waals surface area contributed by atoms with E-state index in [-0.39, 0.29) is 5.92 Å². The van der Waals surface area contributed by atoms with Crippen molar-refractivity contribution in [1.82, 2.24) is 0 Å². The van der Waals surface area contributed by atoms with Gasteiger partial charge in [-0.3, -0.25) is 0 Å². The van der Waals surface area contributed by atoms with Gasteiger partial charge in [-0.1, -0.05) is 13.8 Å². The molecule has 0 aromatic carbocycles. The molecule has 1 unspecified atom stereocenters. The van der Waals surface area contributed by atoms with Crippen molar-refractivity contribution in [2.24, 2.45) is 5.92 Å². The van der Waals surface area contributed by atoms with E-state index in [4.69, 9.17) is 9.47 Å². The minimum Gasteiger partial charge on any atom is -0.387 e. The van der Waals surface area contributed by atoms with Crippen molar-refractivity contribution in [3.63, 3.8) is 0 Å². The van der Waals surface area contributed by atoms with E-state index in [1.165, 1.54) is 0 Å². The van der Waals surface area contributed by atoms with Crippen LogP contribution in [0.1, 0.15) is 26.7 Å². The van der Waals surface area contributed by atoms with E-state index >= 15 is 0 Å². The molecule has 0 fully saturated rings. The molecule has 0 saturated carbocycles. The van der Waals surface area contributed by atoms with Crippen molar-refractivity contribution < 1.29 is 14.6 Å². The maximum Gasteiger partial charge on any atom is 0.0903 e. The largest absolute Gasteiger partial charge is 0.387 e. The molecule has 0 bridgehead atoms. The van der Waals surface area contributed by atoms with Crippen LogP contribution < -0.4 is 0 Å². The predicted molar refractivity (Wildman–Crippen MR) is 52.8 cm³/mol. The molecule has 1 N–H and O–H groups in total. The summed E-state index contributed by atoms with van der Waals surface area (Å²) in [5.41, 5.74) is -0.701. The molecule has 1 atom stereocenters. The molecule has 0 aliphatic heterocycles. The van der Waals surface area contributed by atoms with Crippen LogP contribution in [0.4, 0.5) is 0 Å². The average molecular weight is 190 g/mol. The van der Waals surface area contributed by atoms with Crippen molar-refractivity contribution in [2.75, 3.05) is 27.4 Å². The number of hydrogen-bond acceptors (Lipinski definition) is 3. The molecule has 0 radical (unpaired) electrons. The Hall–Kier alpha value is -0.120. The molecule has 0 amide bonds. The van der Waals surface area contributed by atoms with E-state index in [9.17, 15) is 5.11 Å². The number of methoxy groups -OCH3 is 2. The maximum atomic E-state index is 10.1. The second-order valence-electron chi connectivity index (χ2n) is 3.79. The van der Waals surface area contributed by atoms with Crippen molar-refractivity contribution in [1.29, 1.82) is 0 Å². The lowest BCUT2D eigenvalue weighted by Gasteiger charge is -2.31. The average Bonchev–Trinajstić information content (AvgIpc) is 2.05. The minimum absolute atomic E-state index is 0.212. The molecule has 80 valence electrons. The first kappa shape index (κ1) is 12.9. The van der Waals surface area contributed by atoms with Gasteiger partial charge in [0.1, 0.15) is 0 Å². The standard InChI is InChI=1S/C10H22O3/c1-9(2)10(11,8-13-4)6-5-7-12-3/h9,11H,5-8H2,1-4H3. The van der Waals surface area contributed by atoms with E-state index in [2.05, 4.69) is 0 Å². The summed E-state index contributed by atoms with van der Waals surface area (Å²) in [5, 5.41) is 10.1. The van der Waals surface area contributed by atoms with Crippen LogP contribution in [0.25, 0.3) is 0 Å². The van der Waals surface area contributed by atoms with Crippen molar-refractivity contribution in [3.8, 4) is 0 Å². The third-order valence-electron chi connectivity index (χ3n) is 2.43. The van der Waals surface area contributed by atoms with Gasteiger partial charge < -0.3 is 14.6 Å². The zero-order valence-corrected chi connectivity index (χ0v) is 9.17. The number of hydrogen-bond donors (Lipinski definition) is 1. The lowest BCUT2D eigenvalue weighted by molar-refractivity contribution is -0.0735. The van der Waals surface area contributed by atoms with Gasteiger partial charge in [0, 0.05) is 20.8 Å². The lowest BCUT2D eigenvalue weighted by atomic mass is 9.87. The minimum atomic E-state index is -0.701. The molecule has 0 aliphatic carbocycles. The first-order chi connectivity index (χ1) is 6.06. The highest BCUT2D eigenvalue weighted by Gasteiger charge is 2.30. The first-order valence-corrected chi connectivity index (χ1v) is 4.77. The summed E-state index contributed by atoms with van der Waals surface area (Å²) < 4.78 is 9.95. The van der Waals surface area contributed by atoms with E-state index in [0.717, 1.165) is 12.8 Å². The molecule has 3 heteroatoms. The van der Waals surface area contributed by atoms with Gasteiger partial charge in [0.05, 0.1) is 12.2 Å². The van der Waals surface area contributed by atoms with Crippen molar-refractivity contribution >= 4 is 0 Å². The fraction of sp³-hybridized carbons (Fsp3) is 1.00. The third kappa shape index (κ3) is 4.60. The summed E-state index contributed by atoms with van der Waals surface area (Å²) in [5.74, 6) is 0.212. The van der Waals surface area contributed by atoms with Crippen LogP contribution in [0.5, 0.6) is 0 Å². The van der Waals surface area contributed by atoms with Gasteiger partial charge >= 0.3 is 0 Å². The molecule has 0 aromatic heterocycles. The summed E-state index contributed by atoms with van der Waals surface area (Å²) in [6.07, 6.45) is 1.60. The Morgan fingerprint density at radius 1 is 1.23 bits per heavy atom. The van der Waals surface area contributed by atoms with Gasteiger partial charge in [-0.2, -0.15) is 0 Å². The summed E-state index contributed by atoms with van der Waals surface area (Å²) >= 11 is 0. The summed E-state index contributed by atoms with van der Waals surface area (Å²) in [7, 11) is 3.29. The van der Waals surface area contributed by atoms with Crippen LogP contribution in [0, 0.1) is 5.92 Å². The molecule has 3 nitrogen and oxygen atoms in total. The van der Waals surface area contributed by atoms with Gasteiger partial charge in [0.15, 0.2) is 0 Å². The second kappa shape index (κ2) is 6.35. The summed E-state index contributed by atoms with van der Waals surface area (Å²) in [6.45, 7) is 5.10. The highest BCUT2D eigenvalue weighted by Crippen LogP contribution is 2.23. The Morgan fingerprint density at radius 3 is 2.23 bits per heavy atom. The summed E-state index contributed by atoms with van der Waals surface area (Å²) in [6, 6.07) is 0. The quantitative estimate of drug-likeness (QED) is 0.617. The van der Waals surface area contributed by atoms with Crippen molar-refractivity contribution in [2.45, 2.75) is 32.3 Å². The normalized spacial score (nSPS) is 16.2. The van der Waals surface area contributed by atoms with E-state index < -0.39 is 5.60 Å². The van der Waals surface area contributed by atoms with E-state index in [0.29, 0.717) is 13.2 Å². The molecule has 0 rings (SSSR count). The van der Waals surface area contributed by atoms with Crippen LogP contribution in [-0.4, -0.2) is 38.1 Å². The van der Waals surface area contributed by atoms with Crippen LogP contribution in [0.3, 0.4) is 0 Å². The molecule has 0 spiro atoms. The molecule has 0 aromatic rings. The number of rotatable bonds is 7. The predicted octanol–water partition coefficient (Wildman–Crippen LogP) is 1.45. The molecule has 0 saturated heterocycles. The zero-order valence-electron chi connectivity index (χ0n) is 9.17. The van der Waals surface area contributed by atoms with Crippen LogP contribution in [-0.2, 0) is 9.47 Å². The highest BCUT2D eigenvalue weighted by molar-refractivity contribution is 4.81. The Balaban J connectivity index is 3.92. The molecule has 13 heavy (non-hydrogen) atoms. The fourth-order valence-electron chi connectivity index (χ4n) is 1.30. The Morgan fingerprint density at radius 2 is 1.85 bits per heavy atom. The Bertz CT molecular complexity index is 125. The fourth-order valence-corrected chi connectivity index (χ4v) is 1.30. The third-order valence-corrected chi connectivity index (χ3v) is 2.43. The number of aliphatic hydroxyl groups is 1. The first-order valence-electron chi connectivity index (χ1n) is 4.77. The molecular formula is C10H22O3. The molecular weight excluding hydrogens is 168 g/mol. The summed E-state index contributed by atoms with van der Waals surface area (Å²) in [4.78, 5) is 0. The Kier molecular flexibility index (Phi) is 6.29. The van der Waals surface area contributed by atoms with Gasteiger partial charge in [0.2, 0.25) is 0 Å². The van der Waals surface area contributed by atoms with Crippen LogP contribution in [0.2, 0.25) is 0 Å². The zero-order chi connectivity index (χ0) is 10.3. The monoisotopic (exact) mass is 190 g/mol. The van der Waals surface area contributed by atoms with Gasteiger partial charge in [0.25, 0.3) is 0 Å². The molecule has 0 heterocycles. The van der Waals surface area contributed by atoms with Gasteiger partial charge in [-0.25, -0.2) is 0 Å². The maximum absolute atomic E-state index is 10.1. The van der Waals surface area contributed by atoms with Crippen LogP contribution in [0.15, 0.2) is 0 Å². The lowest BCUT2D eigenvalue weighted by Crippen LogP contribution is -2.40. The van der Waals surface area contributed by atoms with E-state index in [1.807, 2.05) is 13.8 Å². The molecule has 0 aliphatic rings.